The van der Waals surface area contributed by atoms with Crippen molar-refractivity contribution < 1.29 is 8.42 Å². The van der Waals surface area contributed by atoms with Gasteiger partial charge in [0.05, 0.1) is 10.4 Å². The number of aromatic nitrogens is 1. The molecule has 1 fully saturated rings. The first-order valence-corrected chi connectivity index (χ1v) is 9.52. The van der Waals surface area contributed by atoms with Gasteiger partial charge in [-0.1, -0.05) is 17.7 Å². The molecule has 1 aliphatic rings. The Kier molecular flexibility index (Phi) is 4.52. The quantitative estimate of drug-likeness (QED) is 0.916. The number of aryl methyl sites for hydroxylation is 1. The maximum absolute atomic E-state index is 13.0. The lowest BCUT2D eigenvalue weighted by molar-refractivity contribution is 0.271. The normalized spacial score (nSPS) is 20.2. The fourth-order valence-electron chi connectivity index (χ4n) is 2.51. The van der Waals surface area contributed by atoms with Crippen LogP contribution in [0.3, 0.4) is 0 Å². The van der Waals surface area contributed by atoms with Gasteiger partial charge < -0.3 is 5.32 Å². The van der Waals surface area contributed by atoms with Gasteiger partial charge in [-0.3, -0.25) is 4.98 Å². The number of halogens is 1. The van der Waals surface area contributed by atoms with Crippen molar-refractivity contribution in [2.24, 2.45) is 0 Å². The van der Waals surface area contributed by atoms with Gasteiger partial charge >= 0.3 is 0 Å². The topological polar surface area (TPSA) is 62.3 Å². The Bertz CT molecular complexity index is 742. The third-order valence-electron chi connectivity index (χ3n) is 3.66. The lowest BCUT2D eigenvalue weighted by Gasteiger charge is -2.34. The van der Waals surface area contributed by atoms with E-state index in [2.05, 4.69) is 10.3 Å². The Morgan fingerprint density at radius 3 is 2.95 bits per heavy atom. The predicted molar refractivity (Wildman–Crippen MR) is 87.8 cm³/mol. The lowest BCUT2D eigenvalue weighted by Crippen LogP contribution is -2.48. The molecule has 1 unspecified atom stereocenters. The Morgan fingerprint density at radius 1 is 1.50 bits per heavy atom. The zero-order valence-electron chi connectivity index (χ0n) is 12.0. The summed E-state index contributed by atoms with van der Waals surface area (Å²) in [5, 5.41) is 3.25. The molecule has 8 heteroatoms. The first-order valence-electron chi connectivity index (χ1n) is 6.88. The van der Waals surface area contributed by atoms with Crippen molar-refractivity contribution in [1.29, 1.82) is 0 Å². The summed E-state index contributed by atoms with van der Waals surface area (Å²) in [6.07, 6.45) is 3.40. The number of piperazine rings is 1. The molecule has 1 saturated heterocycles. The monoisotopic (exact) mass is 357 g/mol. The summed E-state index contributed by atoms with van der Waals surface area (Å²) in [5.41, 5.74) is 1.68. The van der Waals surface area contributed by atoms with E-state index < -0.39 is 10.0 Å². The molecule has 2 aromatic rings. The van der Waals surface area contributed by atoms with Gasteiger partial charge in [-0.25, -0.2) is 8.42 Å². The fraction of sp³-hybridized carbons (Fsp3) is 0.357. The third kappa shape index (κ3) is 2.91. The Balaban J connectivity index is 2.00. The van der Waals surface area contributed by atoms with Crippen LogP contribution in [-0.4, -0.2) is 37.3 Å². The minimum Gasteiger partial charge on any atom is -0.313 e. The highest BCUT2D eigenvalue weighted by atomic mass is 35.5. The van der Waals surface area contributed by atoms with Gasteiger partial charge in [-0.2, -0.15) is 4.31 Å². The van der Waals surface area contributed by atoms with Crippen LogP contribution in [0.1, 0.15) is 17.2 Å². The number of nitrogens with zero attached hydrogens (tertiary/aromatic N) is 2. The molecule has 1 aliphatic heterocycles. The molecule has 22 heavy (non-hydrogen) atoms. The second-order valence-corrected chi connectivity index (χ2v) is 8.92. The lowest BCUT2D eigenvalue weighted by atomic mass is 10.1. The van der Waals surface area contributed by atoms with E-state index in [1.165, 1.54) is 0 Å². The molecular weight excluding hydrogens is 342 g/mol. The number of rotatable bonds is 3. The van der Waals surface area contributed by atoms with E-state index in [1.807, 2.05) is 19.1 Å². The number of pyridine rings is 1. The van der Waals surface area contributed by atoms with Crippen LogP contribution in [0.15, 0.2) is 34.8 Å². The molecule has 1 N–H and O–H groups in total. The predicted octanol–water partition coefficient (Wildman–Crippen LogP) is 2.44. The molecule has 3 rings (SSSR count). The number of thiophene rings is 1. The van der Waals surface area contributed by atoms with Crippen LogP contribution >= 0.6 is 22.9 Å². The van der Waals surface area contributed by atoms with E-state index >= 15 is 0 Å². The average molecular weight is 358 g/mol. The highest BCUT2D eigenvalue weighted by Crippen LogP contribution is 2.35. The van der Waals surface area contributed by atoms with Crippen molar-refractivity contribution in [2.45, 2.75) is 17.2 Å². The first-order chi connectivity index (χ1) is 10.5. The molecule has 5 nitrogen and oxygen atoms in total. The molecular formula is C14H16ClN3O2S2. The molecule has 0 aliphatic carbocycles. The molecule has 0 spiro atoms. The van der Waals surface area contributed by atoms with Crippen LogP contribution < -0.4 is 5.32 Å². The zero-order valence-corrected chi connectivity index (χ0v) is 14.4. The summed E-state index contributed by atoms with van der Waals surface area (Å²) >= 11 is 7.15. The van der Waals surface area contributed by atoms with Gasteiger partial charge in [0.15, 0.2) is 0 Å². The van der Waals surface area contributed by atoms with E-state index in [1.54, 1.807) is 22.8 Å². The van der Waals surface area contributed by atoms with E-state index in [0.29, 0.717) is 28.2 Å². The van der Waals surface area contributed by atoms with Gasteiger partial charge in [-0.15, -0.1) is 11.3 Å². The molecule has 3 heterocycles. The van der Waals surface area contributed by atoms with Crippen molar-refractivity contribution in [3.63, 3.8) is 0 Å². The van der Waals surface area contributed by atoms with Crippen molar-refractivity contribution in [2.75, 3.05) is 19.6 Å². The highest BCUT2D eigenvalue weighted by molar-refractivity contribution is 7.91. The van der Waals surface area contributed by atoms with Gasteiger partial charge in [-0.05, 0) is 30.2 Å². The van der Waals surface area contributed by atoms with Crippen LogP contribution in [0, 0.1) is 6.92 Å². The third-order valence-corrected chi connectivity index (χ3v) is 7.57. The zero-order chi connectivity index (χ0) is 15.7. The summed E-state index contributed by atoms with van der Waals surface area (Å²) in [4.78, 5) is 4.10. The minimum atomic E-state index is -3.56. The highest BCUT2D eigenvalue weighted by Gasteiger charge is 2.35. The molecule has 118 valence electrons. The second-order valence-electron chi connectivity index (χ2n) is 5.14. The molecule has 0 bridgehead atoms. The smallest absolute Gasteiger partial charge is 0.253 e. The summed E-state index contributed by atoms with van der Waals surface area (Å²) in [7, 11) is -3.56. The number of hydrogen-bond donors (Lipinski definition) is 1. The molecule has 0 aromatic carbocycles. The molecule has 2 aromatic heterocycles. The van der Waals surface area contributed by atoms with E-state index in [-0.39, 0.29) is 6.04 Å². The van der Waals surface area contributed by atoms with Crippen LogP contribution in [0.4, 0.5) is 0 Å². The summed E-state index contributed by atoms with van der Waals surface area (Å²) in [6.45, 7) is 3.45. The molecule has 0 radical (unpaired) electrons. The van der Waals surface area contributed by atoms with Gasteiger partial charge in [0.2, 0.25) is 0 Å². The van der Waals surface area contributed by atoms with Crippen molar-refractivity contribution >= 4 is 33.0 Å². The number of nitrogens with one attached hydrogen (secondary N) is 1. The van der Waals surface area contributed by atoms with Gasteiger partial charge in [0.25, 0.3) is 10.0 Å². The van der Waals surface area contributed by atoms with Crippen molar-refractivity contribution in [3.8, 4) is 0 Å². The summed E-state index contributed by atoms with van der Waals surface area (Å²) < 4.78 is 28.3. The van der Waals surface area contributed by atoms with Gasteiger partial charge in [0.1, 0.15) is 4.21 Å². The maximum atomic E-state index is 13.0. The van der Waals surface area contributed by atoms with Gasteiger partial charge in [0, 0.05) is 32.0 Å². The maximum Gasteiger partial charge on any atom is 0.253 e. The number of hydrogen-bond acceptors (Lipinski definition) is 5. The average Bonchev–Trinajstić information content (AvgIpc) is 2.88. The van der Waals surface area contributed by atoms with E-state index in [0.717, 1.165) is 22.5 Å². The number of sulfonamides is 1. The van der Waals surface area contributed by atoms with Crippen LogP contribution in [0.5, 0.6) is 0 Å². The standard InChI is InChI=1S/C14H16ClN3O2S2/c1-10-7-13(21-14(10)15)22(19,20)18-6-5-17-9-12(18)11-3-2-4-16-8-11/h2-4,7-8,12,17H,5-6,9H2,1H3. The Hall–Kier alpha value is -0.990. The molecule has 0 saturated carbocycles. The van der Waals surface area contributed by atoms with Crippen LogP contribution in [0.25, 0.3) is 0 Å². The van der Waals surface area contributed by atoms with Crippen molar-refractivity contribution in [1.82, 2.24) is 14.6 Å². The summed E-state index contributed by atoms with van der Waals surface area (Å²) in [6, 6.07) is 5.11. The fourth-order valence-corrected chi connectivity index (χ4v) is 5.96. The van der Waals surface area contributed by atoms with E-state index in [4.69, 9.17) is 11.6 Å². The van der Waals surface area contributed by atoms with Crippen LogP contribution in [-0.2, 0) is 10.0 Å². The Morgan fingerprint density at radius 2 is 2.32 bits per heavy atom. The van der Waals surface area contributed by atoms with Crippen molar-refractivity contribution in [3.05, 3.63) is 46.1 Å². The van der Waals surface area contributed by atoms with E-state index in [9.17, 15) is 8.42 Å². The Labute approximate surface area is 139 Å². The molecule has 0 amide bonds. The molecule has 1 atom stereocenters. The largest absolute Gasteiger partial charge is 0.313 e. The SMILES string of the molecule is Cc1cc(S(=O)(=O)N2CCNCC2c2cccnc2)sc1Cl. The second kappa shape index (κ2) is 6.25. The van der Waals surface area contributed by atoms with Crippen LogP contribution in [0.2, 0.25) is 4.34 Å². The minimum absolute atomic E-state index is 0.256. The summed E-state index contributed by atoms with van der Waals surface area (Å²) in [5.74, 6) is 0. The first kappa shape index (κ1) is 15.9.